The lowest BCUT2D eigenvalue weighted by Crippen LogP contribution is -2.48. The summed E-state index contributed by atoms with van der Waals surface area (Å²) < 4.78 is 0. The second-order valence-corrected chi connectivity index (χ2v) is 6.33. The maximum Gasteiger partial charge on any atom is 0.222 e. The Morgan fingerprint density at radius 1 is 1.32 bits per heavy atom. The number of benzene rings is 1. The van der Waals surface area contributed by atoms with E-state index in [1.165, 1.54) is 5.56 Å². The Hall–Kier alpha value is -2.17. The van der Waals surface area contributed by atoms with E-state index in [1.807, 2.05) is 17.9 Å². The molecule has 1 atom stereocenters. The third-order valence-electron chi connectivity index (χ3n) is 4.50. The molecule has 116 valence electrons. The van der Waals surface area contributed by atoms with Crippen LogP contribution in [0.4, 0.5) is 0 Å². The average molecular weight is 298 g/mol. The zero-order chi connectivity index (χ0) is 15.6. The number of likely N-dealkylation sites (tertiary alicyclic amines) is 1. The van der Waals surface area contributed by atoms with Crippen molar-refractivity contribution >= 4 is 5.91 Å². The number of carbonyl (C=O) groups is 1. The van der Waals surface area contributed by atoms with Crippen molar-refractivity contribution in [2.75, 3.05) is 13.1 Å². The number of H-pyrrole nitrogens is 1. The van der Waals surface area contributed by atoms with E-state index in [2.05, 4.69) is 46.4 Å². The largest absolute Gasteiger partial charge is 0.341 e. The quantitative estimate of drug-likeness (QED) is 0.941. The molecule has 3 rings (SSSR count). The minimum Gasteiger partial charge on any atom is -0.341 e. The minimum absolute atomic E-state index is 0.0318. The zero-order valence-corrected chi connectivity index (χ0v) is 13.2. The van der Waals surface area contributed by atoms with Crippen LogP contribution >= 0.6 is 0 Å². The number of aryl methyl sites for hydroxylation is 1. The second kappa shape index (κ2) is 5.91. The Balaban J connectivity index is 1.69. The van der Waals surface area contributed by atoms with Gasteiger partial charge in [0.1, 0.15) is 5.82 Å². The van der Waals surface area contributed by atoms with E-state index in [9.17, 15) is 4.79 Å². The zero-order valence-electron chi connectivity index (χ0n) is 13.2. The van der Waals surface area contributed by atoms with Gasteiger partial charge in [-0.1, -0.05) is 37.3 Å². The smallest absolute Gasteiger partial charge is 0.222 e. The maximum atomic E-state index is 12.2. The van der Waals surface area contributed by atoms with Gasteiger partial charge in [-0.05, 0) is 18.9 Å². The number of carbonyl (C=O) groups excluding carboxylic acids is 1. The fourth-order valence-electron chi connectivity index (χ4n) is 3.15. The van der Waals surface area contributed by atoms with E-state index in [0.717, 1.165) is 24.6 Å². The van der Waals surface area contributed by atoms with Crippen LogP contribution < -0.4 is 0 Å². The SMILES string of the molecule is Cc1nc(CCN2CC(C)(c3ccccc3)CCC2=O)n[nH]1. The molecule has 1 N–H and O–H groups in total. The lowest BCUT2D eigenvalue weighted by molar-refractivity contribution is -0.135. The molecule has 1 aliphatic heterocycles. The van der Waals surface area contributed by atoms with Gasteiger partial charge < -0.3 is 4.90 Å². The molecule has 5 nitrogen and oxygen atoms in total. The molecule has 0 bridgehead atoms. The Morgan fingerprint density at radius 2 is 2.09 bits per heavy atom. The van der Waals surface area contributed by atoms with Gasteiger partial charge in [0, 0.05) is 31.3 Å². The van der Waals surface area contributed by atoms with Gasteiger partial charge in [0.2, 0.25) is 5.91 Å². The molecule has 1 saturated heterocycles. The monoisotopic (exact) mass is 298 g/mol. The van der Waals surface area contributed by atoms with Gasteiger partial charge in [0.15, 0.2) is 5.82 Å². The van der Waals surface area contributed by atoms with Crippen molar-refractivity contribution in [1.82, 2.24) is 20.1 Å². The predicted octanol–water partition coefficient (Wildman–Crippen LogP) is 2.24. The molecule has 1 aromatic carbocycles. The first kappa shape index (κ1) is 14.8. The molecule has 0 saturated carbocycles. The normalized spacial score (nSPS) is 22.1. The van der Waals surface area contributed by atoms with Crippen LogP contribution in [0.1, 0.15) is 37.0 Å². The first-order valence-corrected chi connectivity index (χ1v) is 7.78. The van der Waals surface area contributed by atoms with Crippen molar-refractivity contribution in [3.8, 4) is 0 Å². The molecule has 0 radical (unpaired) electrons. The van der Waals surface area contributed by atoms with Crippen molar-refractivity contribution < 1.29 is 4.79 Å². The summed E-state index contributed by atoms with van der Waals surface area (Å²) in [7, 11) is 0. The summed E-state index contributed by atoms with van der Waals surface area (Å²) in [6.45, 7) is 5.57. The molecule has 1 amide bonds. The Labute approximate surface area is 130 Å². The van der Waals surface area contributed by atoms with Crippen molar-refractivity contribution in [1.29, 1.82) is 0 Å². The first-order chi connectivity index (χ1) is 10.6. The lowest BCUT2D eigenvalue weighted by Gasteiger charge is -2.40. The number of hydrogen-bond acceptors (Lipinski definition) is 3. The molecule has 22 heavy (non-hydrogen) atoms. The molecule has 1 unspecified atom stereocenters. The molecule has 0 spiro atoms. The average Bonchev–Trinajstić information content (AvgIpc) is 2.95. The number of rotatable bonds is 4. The molecule has 0 aliphatic carbocycles. The summed E-state index contributed by atoms with van der Waals surface area (Å²) in [6.07, 6.45) is 2.21. The maximum absolute atomic E-state index is 12.2. The number of aromatic amines is 1. The van der Waals surface area contributed by atoms with E-state index in [4.69, 9.17) is 0 Å². The van der Waals surface area contributed by atoms with Gasteiger partial charge in [0.25, 0.3) is 0 Å². The van der Waals surface area contributed by atoms with Crippen LogP contribution in [-0.4, -0.2) is 39.1 Å². The van der Waals surface area contributed by atoms with Crippen LogP contribution in [0, 0.1) is 6.92 Å². The minimum atomic E-state index is 0.0318. The second-order valence-electron chi connectivity index (χ2n) is 6.33. The third-order valence-corrected chi connectivity index (χ3v) is 4.50. The van der Waals surface area contributed by atoms with Crippen LogP contribution in [0.15, 0.2) is 30.3 Å². The lowest BCUT2D eigenvalue weighted by atomic mass is 9.75. The third kappa shape index (κ3) is 3.03. The van der Waals surface area contributed by atoms with E-state index in [-0.39, 0.29) is 11.3 Å². The number of piperidine rings is 1. The van der Waals surface area contributed by atoms with Crippen LogP contribution in [-0.2, 0) is 16.6 Å². The topological polar surface area (TPSA) is 61.9 Å². The number of amides is 1. The highest BCUT2D eigenvalue weighted by Crippen LogP contribution is 2.33. The summed E-state index contributed by atoms with van der Waals surface area (Å²) in [4.78, 5) is 18.5. The molecule has 5 heteroatoms. The standard InChI is InChI=1S/C17H22N4O/c1-13-18-15(20-19-13)9-11-21-12-17(2,10-8-16(21)22)14-6-4-3-5-7-14/h3-7H,8-12H2,1-2H3,(H,18,19,20). The van der Waals surface area contributed by atoms with Gasteiger partial charge in [-0.3, -0.25) is 9.89 Å². The molecule has 1 aliphatic rings. The van der Waals surface area contributed by atoms with E-state index in [0.29, 0.717) is 19.4 Å². The summed E-state index contributed by atoms with van der Waals surface area (Å²) in [6, 6.07) is 10.5. The Kier molecular flexibility index (Phi) is 3.96. The van der Waals surface area contributed by atoms with Crippen molar-refractivity contribution in [2.24, 2.45) is 0 Å². The molecular weight excluding hydrogens is 276 g/mol. The van der Waals surface area contributed by atoms with Crippen LogP contribution in [0.5, 0.6) is 0 Å². The van der Waals surface area contributed by atoms with Gasteiger partial charge in [-0.15, -0.1) is 0 Å². The highest BCUT2D eigenvalue weighted by Gasteiger charge is 2.35. The van der Waals surface area contributed by atoms with E-state index in [1.54, 1.807) is 0 Å². The predicted molar refractivity (Wildman–Crippen MR) is 84.4 cm³/mol. The van der Waals surface area contributed by atoms with Gasteiger partial charge >= 0.3 is 0 Å². The van der Waals surface area contributed by atoms with E-state index >= 15 is 0 Å². The van der Waals surface area contributed by atoms with Gasteiger partial charge in [-0.25, -0.2) is 4.98 Å². The number of aromatic nitrogens is 3. The summed E-state index contributed by atoms with van der Waals surface area (Å²) in [5.41, 5.74) is 1.34. The highest BCUT2D eigenvalue weighted by atomic mass is 16.2. The molecular formula is C17H22N4O. The fourth-order valence-corrected chi connectivity index (χ4v) is 3.15. The summed E-state index contributed by atoms with van der Waals surface area (Å²) in [5, 5.41) is 6.99. The van der Waals surface area contributed by atoms with E-state index < -0.39 is 0 Å². The summed E-state index contributed by atoms with van der Waals surface area (Å²) in [5.74, 6) is 1.83. The Morgan fingerprint density at radius 3 is 2.77 bits per heavy atom. The van der Waals surface area contributed by atoms with Crippen molar-refractivity contribution in [3.63, 3.8) is 0 Å². The van der Waals surface area contributed by atoms with Crippen molar-refractivity contribution in [3.05, 3.63) is 47.5 Å². The van der Waals surface area contributed by atoms with Crippen LogP contribution in [0.2, 0.25) is 0 Å². The molecule has 2 heterocycles. The molecule has 1 aromatic heterocycles. The van der Waals surface area contributed by atoms with Crippen molar-refractivity contribution in [2.45, 2.75) is 38.5 Å². The number of hydrogen-bond donors (Lipinski definition) is 1. The van der Waals surface area contributed by atoms with Gasteiger partial charge in [-0.2, -0.15) is 5.10 Å². The van der Waals surface area contributed by atoms with Crippen LogP contribution in [0.3, 0.4) is 0 Å². The Bertz CT molecular complexity index is 652. The number of nitrogens with one attached hydrogen (secondary N) is 1. The highest BCUT2D eigenvalue weighted by molar-refractivity contribution is 5.77. The molecule has 2 aromatic rings. The van der Waals surface area contributed by atoms with Gasteiger partial charge in [0.05, 0.1) is 0 Å². The number of nitrogens with zero attached hydrogens (tertiary/aromatic N) is 3. The fraction of sp³-hybridized carbons (Fsp3) is 0.471. The summed E-state index contributed by atoms with van der Waals surface area (Å²) >= 11 is 0. The van der Waals surface area contributed by atoms with Crippen LogP contribution in [0.25, 0.3) is 0 Å². The molecule has 1 fully saturated rings. The first-order valence-electron chi connectivity index (χ1n) is 7.78.